The zero-order valence-corrected chi connectivity index (χ0v) is 12.8. The van der Waals surface area contributed by atoms with Crippen LogP contribution in [0.25, 0.3) is 0 Å². The van der Waals surface area contributed by atoms with Crippen molar-refractivity contribution in [2.45, 2.75) is 64.9 Å². The zero-order valence-electron chi connectivity index (χ0n) is 12.0. The van der Waals surface area contributed by atoms with Gasteiger partial charge in [-0.2, -0.15) is 0 Å². The van der Waals surface area contributed by atoms with Crippen molar-refractivity contribution in [2.24, 2.45) is 11.3 Å². The van der Waals surface area contributed by atoms with E-state index >= 15 is 0 Å². The molecule has 0 spiro atoms. The predicted octanol–water partition coefficient (Wildman–Crippen LogP) is 2.78. The predicted molar refractivity (Wildman–Crippen MR) is 75.3 cm³/mol. The lowest BCUT2D eigenvalue weighted by Gasteiger charge is -2.36. The largest absolute Gasteiger partial charge is 0.393 e. The Morgan fingerprint density at radius 1 is 1.22 bits per heavy atom. The zero-order chi connectivity index (χ0) is 13.8. The van der Waals surface area contributed by atoms with Crippen molar-refractivity contribution in [3.8, 4) is 0 Å². The van der Waals surface area contributed by atoms with Crippen LogP contribution in [0.2, 0.25) is 0 Å². The summed E-state index contributed by atoms with van der Waals surface area (Å²) in [6.45, 7) is 4.40. The van der Waals surface area contributed by atoms with E-state index in [0.29, 0.717) is 18.8 Å². The van der Waals surface area contributed by atoms with Crippen molar-refractivity contribution in [3.05, 3.63) is 0 Å². The smallest absolute Gasteiger partial charge is 0.147 e. The summed E-state index contributed by atoms with van der Waals surface area (Å²) in [5.74, 6) is 0.787. The molecule has 0 aromatic heterocycles. The summed E-state index contributed by atoms with van der Waals surface area (Å²) < 4.78 is 22.2. The van der Waals surface area contributed by atoms with Gasteiger partial charge in [-0.05, 0) is 43.4 Å². The average Bonchev–Trinajstić information content (AvgIpc) is 2.64. The third-order valence-electron chi connectivity index (χ3n) is 4.11. The molecule has 0 amide bonds. The lowest BCUT2D eigenvalue weighted by Crippen LogP contribution is -2.34. The van der Waals surface area contributed by atoms with E-state index in [-0.39, 0.29) is 17.3 Å². The van der Waals surface area contributed by atoms with E-state index in [2.05, 4.69) is 13.8 Å². The highest BCUT2D eigenvalue weighted by Gasteiger charge is 2.40. The van der Waals surface area contributed by atoms with E-state index in [4.69, 9.17) is 0 Å². The van der Waals surface area contributed by atoms with E-state index in [9.17, 15) is 13.5 Å². The van der Waals surface area contributed by atoms with Gasteiger partial charge in [-0.15, -0.1) is 0 Å². The molecular formula is C14H28O3S. The first-order valence-corrected chi connectivity index (χ1v) is 9.17. The average molecular weight is 276 g/mol. The molecule has 1 N–H and O–H groups in total. The van der Waals surface area contributed by atoms with Gasteiger partial charge in [0, 0.05) is 12.0 Å². The van der Waals surface area contributed by atoms with E-state index in [1.165, 1.54) is 19.1 Å². The molecule has 0 aromatic carbocycles. The van der Waals surface area contributed by atoms with Crippen molar-refractivity contribution in [3.63, 3.8) is 0 Å². The van der Waals surface area contributed by atoms with Crippen molar-refractivity contribution in [1.82, 2.24) is 0 Å². The Labute approximate surface area is 112 Å². The molecule has 108 valence electrons. The van der Waals surface area contributed by atoms with Crippen molar-refractivity contribution in [1.29, 1.82) is 0 Å². The van der Waals surface area contributed by atoms with Crippen LogP contribution >= 0.6 is 0 Å². The van der Waals surface area contributed by atoms with Crippen LogP contribution in [0, 0.1) is 11.3 Å². The van der Waals surface area contributed by atoms with E-state index in [1.807, 2.05) is 0 Å². The Bertz CT molecular complexity index is 340. The first kappa shape index (κ1) is 16.0. The topological polar surface area (TPSA) is 54.4 Å². The Balaban J connectivity index is 2.52. The first-order chi connectivity index (χ1) is 8.25. The molecule has 18 heavy (non-hydrogen) atoms. The van der Waals surface area contributed by atoms with Gasteiger partial charge < -0.3 is 5.11 Å². The van der Waals surface area contributed by atoms with Gasteiger partial charge in [-0.1, -0.05) is 26.7 Å². The standard InChI is InChI=1S/C14H28O3S/c1-12(2)11-14(8-4-5-9-14)13(15)7-6-10-18(3,16)17/h12-13,15H,4-11H2,1-3H3. The highest BCUT2D eigenvalue weighted by Crippen LogP contribution is 2.47. The minimum absolute atomic E-state index is 0.0612. The fourth-order valence-corrected chi connectivity index (χ4v) is 4.10. The van der Waals surface area contributed by atoms with Crippen LogP contribution in [-0.4, -0.2) is 31.6 Å². The Hall–Kier alpha value is -0.0900. The summed E-state index contributed by atoms with van der Waals surface area (Å²) in [5, 5.41) is 10.5. The molecule has 1 saturated carbocycles. The van der Waals surface area contributed by atoms with Gasteiger partial charge >= 0.3 is 0 Å². The lowest BCUT2D eigenvalue weighted by molar-refractivity contribution is 0.00679. The fourth-order valence-electron chi connectivity index (χ4n) is 3.41. The number of aliphatic hydroxyl groups excluding tert-OH is 1. The van der Waals surface area contributed by atoms with Crippen molar-refractivity contribution < 1.29 is 13.5 Å². The molecule has 0 heterocycles. The summed E-state index contributed by atoms with van der Waals surface area (Å²) >= 11 is 0. The van der Waals surface area contributed by atoms with Crippen LogP contribution in [0.4, 0.5) is 0 Å². The van der Waals surface area contributed by atoms with E-state index < -0.39 is 9.84 Å². The molecule has 1 aliphatic rings. The molecule has 0 bridgehead atoms. The molecule has 1 aliphatic carbocycles. The normalized spacial score (nSPS) is 21.4. The summed E-state index contributed by atoms with van der Waals surface area (Å²) in [6.07, 6.45) is 7.82. The Morgan fingerprint density at radius 3 is 2.22 bits per heavy atom. The monoisotopic (exact) mass is 276 g/mol. The maximum absolute atomic E-state index is 11.1. The van der Waals surface area contributed by atoms with Crippen molar-refractivity contribution >= 4 is 9.84 Å². The molecule has 0 aliphatic heterocycles. The molecule has 0 saturated heterocycles. The lowest BCUT2D eigenvalue weighted by atomic mass is 9.73. The second-order valence-electron chi connectivity index (χ2n) is 6.46. The van der Waals surface area contributed by atoms with E-state index in [1.54, 1.807) is 0 Å². The van der Waals surface area contributed by atoms with Gasteiger partial charge in [0.1, 0.15) is 9.84 Å². The third-order valence-corrected chi connectivity index (χ3v) is 5.14. The highest BCUT2D eigenvalue weighted by molar-refractivity contribution is 7.90. The molecule has 1 fully saturated rings. The maximum Gasteiger partial charge on any atom is 0.147 e. The number of aliphatic hydroxyl groups is 1. The number of rotatable bonds is 7. The molecule has 1 unspecified atom stereocenters. The molecule has 0 aromatic rings. The Kier molecular flexibility index (Phi) is 5.66. The van der Waals surface area contributed by atoms with Gasteiger partial charge in [0.05, 0.1) is 6.10 Å². The fraction of sp³-hybridized carbons (Fsp3) is 1.00. The quantitative estimate of drug-likeness (QED) is 0.778. The molecule has 1 rings (SSSR count). The summed E-state index contributed by atoms with van der Waals surface area (Å²) in [6, 6.07) is 0. The molecular weight excluding hydrogens is 248 g/mol. The molecule has 4 heteroatoms. The number of hydrogen-bond acceptors (Lipinski definition) is 3. The van der Waals surface area contributed by atoms with Crippen LogP contribution in [-0.2, 0) is 9.84 Å². The van der Waals surface area contributed by atoms with Crippen LogP contribution in [0.1, 0.15) is 58.8 Å². The van der Waals surface area contributed by atoms with Crippen molar-refractivity contribution in [2.75, 3.05) is 12.0 Å². The SMILES string of the molecule is CC(C)CC1(C(O)CCCS(C)(=O)=O)CCCC1. The van der Waals surface area contributed by atoms with Gasteiger partial charge in [-0.25, -0.2) is 8.42 Å². The maximum atomic E-state index is 11.1. The molecule has 3 nitrogen and oxygen atoms in total. The van der Waals surface area contributed by atoms with Crippen LogP contribution in [0.15, 0.2) is 0 Å². The summed E-state index contributed by atoms with van der Waals surface area (Å²) in [5.41, 5.74) is 0.0612. The molecule has 0 radical (unpaired) electrons. The van der Waals surface area contributed by atoms with Gasteiger partial charge in [0.2, 0.25) is 0 Å². The van der Waals surface area contributed by atoms with Gasteiger partial charge in [-0.3, -0.25) is 0 Å². The Morgan fingerprint density at radius 2 is 1.78 bits per heavy atom. The van der Waals surface area contributed by atoms with Gasteiger partial charge in [0.15, 0.2) is 0 Å². The third kappa shape index (κ3) is 4.88. The summed E-state index contributed by atoms with van der Waals surface area (Å²) in [4.78, 5) is 0. The summed E-state index contributed by atoms with van der Waals surface area (Å²) in [7, 11) is -2.90. The second-order valence-corrected chi connectivity index (χ2v) is 8.72. The van der Waals surface area contributed by atoms with Crippen LogP contribution < -0.4 is 0 Å². The number of hydrogen-bond donors (Lipinski definition) is 1. The van der Waals surface area contributed by atoms with Crippen LogP contribution in [0.5, 0.6) is 0 Å². The minimum Gasteiger partial charge on any atom is -0.393 e. The molecule has 1 atom stereocenters. The number of sulfone groups is 1. The van der Waals surface area contributed by atoms with E-state index in [0.717, 1.165) is 19.3 Å². The van der Waals surface area contributed by atoms with Gasteiger partial charge in [0.25, 0.3) is 0 Å². The second kappa shape index (κ2) is 6.38. The highest BCUT2D eigenvalue weighted by atomic mass is 32.2. The first-order valence-electron chi connectivity index (χ1n) is 7.11. The van der Waals surface area contributed by atoms with Crippen LogP contribution in [0.3, 0.4) is 0 Å². The minimum atomic E-state index is -2.90.